The van der Waals surface area contributed by atoms with Crippen molar-refractivity contribution in [2.75, 3.05) is 13.1 Å². The summed E-state index contributed by atoms with van der Waals surface area (Å²) in [6.45, 7) is 2.98. The fraction of sp³-hybridized carbons (Fsp3) is 0.412. The summed E-state index contributed by atoms with van der Waals surface area (Å²) >= 11 is 0. The van der Waals surface area contributed by atoms with Crippen LogP contribution in [0.25, 0.3) is 10.9 Å². The van der Waals surface area contributed by atoms with E-state index in [4.69, 9.17) is 5.11 Å². The Balaban J connectivity index is 1.76. The second kappa shape index (κ2) is 5.83. The van der Waals surface area contributed by atoms with Gasteiger partial charge in [-0.25, -0.2) is 0 Å². The van der Waals surface area contributed by atoms with Gasteiger partial charge in [-0.3, -0.25) is 9.59 Å². The molecule has 2 aromatic rings. The summed E-state index contributed by atoms with van der Waals surface area (Å²) in [4.78, 5) is 28.3. The van der Waals surface area contributed by atoms with E-state index in [1.165, 1.54) is 5.56 Å². The van der Waals surface area contributed by atoms with Crippen molar-refractivity contribution < 1.29 is 14.7 Å². The van der Waals surface area contributed by atoms with E-state index in [1.54, 1.807) is 4.90 Å². The van der Waals surface area contributed by atoms with Gasteiger partial charge in [-0.15, -0.1) is 0 Å². The number of rotatable bonds is 4. The van der Waals surface area contributed by atoms with Crippen LogP contribution in [0.15, 0.2) is 24.4 Å². The Hall–Kier alpha value is -2.30. The second-order valence-corrected chi connectivity index (χ2v) is 5.85. The Morgan fingerprint density at radius 3 is 2.86 bits per heavy atom. The normalized spacial score (nSPS) is 18.0. The minimum absolute atomic E-state index is 0.00607. The number of hydrogen-bond donors (Lipinski definition) is 2. The topological polar surface area (TPSA) is 73.4 Å². The number of carboxylic acid groups (broad SMARTS) is 1. The maximum Gasteiger partial charge on any atom is 0.308 e. The third-order valence-corrected chi connectivity index (χ3v) is 4.50. The van der Waals surface area contributed by atoms with Crippen molar-refractivity contribution in [1.29, 1.82) is 0 Å². The van der Waals surface area contributed by atoms with E-state index in [0.717, 1.165) is 22.9 Å². The third kappa shape index (κ3) is 2.58. The Labute approximate surface area is 128 Å². The van der Waals surface area contributed by atoms with E-state index in [2.05, 4.69) is 18.0 Å². The summed E-state index contributed by atoms with van der Waals surface area (Å²) in [5.74, 6) is -1.22. The van der Waals surface area contributed by atoms with Crippen molar-refractivity contribution in [3.63, 3.8) is 0 Å². The molecule has 0 aliphatic carbocycles. The molecule has 1 unspecified atom stereocenters. The van der Waals surface area contributed by atoms with Crippen LogP contribution < -0.4 is 0 Å². The Kier molecular flexibility index (Phi) is 3.88. The number of aromatic amines is 1. The highest BCUT2D eigenvalue weighted by molar-refractivity contribution is 5.91. The van der Waals surface area contributed by atoms with Gasteiger partial charge in [0.25, 0.3) is 0 Å². The Bertz CT molecular complexity index is 720. The molecule has 2 N–H and O–H groups in total. The summed E-state index contributed by atoms with van der Waals surface area (Å²) in [7, 11) is 0. The average molecular weight is 300 g/mol. The first kappa shape index (κ1) is 14.6. The summed E-state index contributed by atoms with van der Waals surface area (Å²) in [6.07, 6.45) is 3.71. The van der Waals surface area contributed by atoms with Crippen molar-refractivity contribution in [2.45, 2.75) is 26.2 Å². The number of carbonyl (C=O) groups is 2. The molecular formula is C17H20N2O3. The third-order valence-electron chi connectivity index (χ3n) is 4.50. The van der Waals surface area contributed by atoms with Gasteiger partial charge in [0.1, 0.15) is 0 Å². The van der Waals surface area contributed by atoms with Crippen LogP contribution >= 0.6 is 0 Å². The summed E-state index contributed by atoms with van der Waals surface area (Å²) < 4.78 is 0. The van der Waals surface area contributed by atoms with Crippen LogP contribution in [-0.4, -0.2) is 40.0 Å². The fourth-order valence-electron chi connectivity index (χ4n) is 3.18. The zero-order valence-corrected chi connectivity index (χ0v) is 12.6. The van der Waals surface area contributed by atoms with E-state index >= 15 is 0 Å². The quantitative estimate of drug-likeness (QED) is 0.909. The van der Waals surface area contributed by atoms with Gasteiger partial charge in [0.2, 0.25) is 5.91 Å². The number of amides is 1. The number of aliphatic carboxylic acids is 1. The van der Waals surface area contributed by atoms with Crippen molar-refractivity contribution in [3.05, 3.63) is 35.5 Å². The average Bonchev–Trinajstić information content (AvgIpc) is 3.14. The molecule has 0 spiro atoms. The number of aromatic nitrogens is 1. The lowest BCUT2D eigenvalue weighted by Crippen LogP contribution is -2.31. The maximum absolute atomic E-state index is 12.4. The van der Waals surface area contributed by atoms with Crippen LogP contribution in [0.4, 0.5) is 0 Å². The molecule has 3 rings (SSSR count). The molecule has 22 heavy (non-hydrogen) atoms. The smallest absolute Gasteiger partial charge is 0.308 e. The van der Waals surface area contributed by atoms with Crippen LogP contribution in [0.1, 0.15) is 24.5 Å². The van der Waals surface area contributed by atoms with Gasteiger partial charge in [0.05, 0.1) is 12.3 Å². The largest absolute Gasteiger partial charge is 0.481 e. The molecule has 1 amide bonds. The van der Waals surface area contributed by atoms with Crippen molar-refractivity contribution in [1.82, 2.24) is 9.88 Å². The van der Waals surface area contributed by atoms with E-state index in [1.807, 2.05) is 18.3 Å². The highest BCUT2D eigenvalue weighted by atomic mass is 16.4. The number of benzene rings is 1. The molecule has 1 aliphatic rings. The van der Waals surface area contributed by atoms with Gasteiger partial charge < -0.3 is 15.0 Å². The summed E-state index contributed by atoms with van der Waals surface area (Å²) in [5.41, 5.74) is 3.31. The zero-order valence-electron chi connectivity index (χ0n) is 12.6. The molecule has 116 valence electrons. The number of likely N-dealkylation sites (tertiary alicyclic amines) is 1. The number of carbonyl (C=O) groups excluding carboxylic acids is 1. The van der Waals surface area contributed by atoms with Gasteiger partial charge in [0.15, 0.2) is 0 Å². The summed E-state index contributed by atoms with van der Waals surface area (Å²) in [6, 6.07) is 6.12. The van der Waals surface area contributed by atoms with E-state index in [-0.39, 0.29) is 5.91 Å². The molecule has 5 heteroatoms. The standard InChI is InChI=1S/C17H20N2O3/c1-2-11-4-3-5-14-13(9-18-16(11)14)8-15(20)19-7-6-12(10-19)17(21)22/h3-5,9,12,18H,2,6-8,10H2,1H3,(H,21,22). The molecule has 0 bridgehead atoms. The minimum atomic E-state index is -0.810. The van der Waals surface area contributed by atoms with Gasteiger partial charge in [0, 0.05) is 30.2 Å². The zero-order chi connectivity index (χ0) is 15.7. The number of para-hydroxylation sites is 1. The number of fused-ring (bicyclic) bond motifs is 1. The molecule has 0 saturated carbocycles. The molecule has 1 aromatic carbocycles. The lowest BCUT2D eigenvalue weighted by Gasteiger charge is -2.15. The number of hydrogen-bond acceptors (Lipinski definition) is 2. The predicted octanol–water partition coefficient (Wildman–Crippen LogP) is 2.21. The Morgan fingerprint density at radius 2 is 2.18 bits per heavy atom. The molecule has 1 aliphatic heterocycles. The molecule has 0 radical (unpaired) electrons. The van der Waals surface area contributed by atoms with Crippen LogP contribution in [0.5, 0.6) is 0 Å². The Morgan fingerprint density at radius 1 is 1.36 bits per heavy atom. The first-order valence-electron chi connectivity index (χ1n) is 7.68. The minimum Gasteiger partial charge on any atom is -0.481 e. The van der Waals surface area contributed by atoms with Gasteiger partial charge in [-0.05, 0) is 24.0 Å². The van der Waals surface area contributed by atoms with E-state index in [0.29, 0.717) is 25.9 Å². The van der Waals surface area contributed by atoms with Crippen LogP contribution in [0, 0.1) is 5.92 Å². The number of nitrogens with zero attached hydrogens (tertiary/aromatic N) is 1. The van der Waals surface area contributed by atoms with Crippen LogP contribution in [-0.2, 0) is 22.4 Å². The van der Waals surface area contributed by atoms with Crippen LogP contribution in [0.2, 0.25) is 0 Å². The van der Waals surface area contributed by atoms with E-state index in [9.17, 15) is 9.59 Å². The van der Waals surface area contributed by atoms with Crippen LogP contribution in [0.3, 0.4) is 0 Å². The van der Waals surface area contributed by atoms with Gasteiger partial charge in [-0.1, -0.05) is 25.1 Å². The molecular weight excluding hydrogens is 280 g/mol. The van der Waals surface area contributed by atoms with Crippen molar-refractivity contribution in [3.8, 4) is 0 Å². The molecule has 5 nitrogen and oxygen atoms in total. The molecule has 1 fully saturated rings. The lowest BCUT2D eigenvalue weighted by molar-refractivity contribution is -0.141. The molecule has 1 aromatic heterocycles. The SMILES string of the molecule is CCc1cccc2c(CC(=O)N3CCC(C(=O)O)C3)c[nH]c12. The number of nitrogens with one attached hydrogen (secondary N) is 1. The maximum atomic E-state index is 12.4. The first-order chi connectivity index (χ1) is 10.6. The molecule has 1 saturated heterocycles. The highest BCUT2D eigenvalue weighted by Crippen LogP contribution is 2.24. The second-order valence-electron chi connectivity index (χ2n) is 5.85. The number of H-pyrrole nitrogens is 1. The van der Waals surface area contributed by atoms with Gasteiger partial charge in [-0.2, -0.15) is 0 Å². The summed E-state index contributed by atoms with van der Waals surface area (Å²) in [5, 5.41) is 10.1. The monoisotopic (exact) mass is 300 g/mol. The lowest BCUT2D eigenvalue weighted by atomic mass is 10.1. The van der Waals surface area contributed by atoms with Crippen molar-refractivity contribution >= 4 is 22.8 Å². The molecule has 1 atom stereocenters. The first-order valence-corrected chi connectivity index (χ1v) is 7.68. The fourth-order valence-corrected chi connectivity index (χ4v) is 3.18. The number of carboxylic acids is 1. The number of aryl methyl sites for hydroxylation is 1. The van der Waals surface area contributed by atoms with Gasteiger partial charge >= 0.3 is 5.97 Å². The highest BCUT2D eigenvalue weighted by Gasteiger charge is 2.30. The van der Waals surface area contributed by atoms with E-state index < -0.39 is 11.9 Å². The molecule has 2 heterocycles. The predicted molar refractivity (Wildman–Crippen MR) is 83.7 cm³/mol. The van der Waals surface area contributed by atoms with Crippen molar-refractivity contribution in [2.24, 2.45) is 5.92 Å².